The van der Waals surface area contributed by atoms with Crippen LogP contribution in [0.2, 0.25) is 0 Å². The summed E-state index contributed by atoms with van der Waals surface area (Å²) in [6, 6.07) is 6.01. The molecule has 1 rings (SSSR count). The molecule has 0 fully saturated rings. The summed E-state index contributed by atoms with van der Waals surface area (Å²) in [7, 11) is 0. The first-order valence-corrected chi connectivity index (χ1v) is 5.56. The van der Waals surface area contributed by atoms with E-state index < -0.39 is 6.10 Å². The summed E-state index contributed by atoms with van der Waals surface area (Å²) in [4.78, 5) is 0. The first-order valence-electron chi connectivity index (χ1n) is 4.76. The van der Waals surface area contributed by atoms with Crippen LogP contribution in [-0.2, 0) is 0 Å². The molecule has 1 atom stereocenters. The van der Waals surface area contributed by atoms with Crippen molar-refractivity contribution >= 4 is 15.9 Å². The minimum Gasteiger partial charge on any atom is -0.388 e. The maximum absolute atomic E-state index is 10.1. The highest BCUT2D eigenvalue weighted by atomic mass is 79.9. The normalized spacial score (nSPS) is 14.1. The number of hydrogen-bond acceptors (Lipinski definition) is 1. The minimum atomic E-state index is -0.417. The molecule has 0 heterocycles. The Labute approximate surface area is 94.3 Å². The van der Waals surface area contributed by atoms with Crippen molar-refractivity contribution in [3.05, 3.63) is 33.8 Å². The first-order chi connectivity index (χ1) is 6.32. The predicted octanol–water partition coefficient (Wildman–Crippen LogP) is 3.84. The average Bonchev–Trinajstić information content (AvgIpc) is 2.06. The van der Waals surface area contributed by atoms with Gasteiger partial charge < -0.3 is 5.11 Å². The highest BCUT2D eigenvalue weighted by molar-refractivity contribution is 9.10. The van der Waals surface area contributed by atoms with Gasteiger partial charge in [-0.15, -0.1) is 0 Å². The summed E-state index contributed by atoms with van der Waals surface area (Å²) in [6.45, 7) is 8.14. The van der Waals surface area contributed by atoms with Gasteiger partial charge in [0.2, 0.25) is 0 Å². The number of rotatable bonds is 1. The predicted molar refractivity (Wildman–Crippen MR) is 63.3 cm³/mol. The Kier molecular flexibility index (Phi) is 3.38. The van der Waals surface area contributed by atoms with Crippen molar-refractivity contribution in [2.45, 2.75) is 33.8 Å². The summed E-state index contributed by atoms with van der Waals surface area (Å²) in [5, 5.41) is 10.1. The van der Waals surface area contributed by atoms with Gasteiger partial charge in [-0.1, -0.05) is 42.8 Å². The fraction of sp³-hybridized carbons (Fsp3) is 0.500. The molecule has 1 aromatic carbocycles. The molecule has 2 heteroatoms. The largest absolute Gasteiger partial charge is 0.388 e. The van der Waals surface area contributed by atoms with Gasteiger partial charge in [-0.3, -0.25) is 0 Å². The van der Waals surface area contributed by atoms with Gasteiger partial charge in [0.25, 0.3) is 0 Å². The van der Waals surface area contributed by atoms with Crippen LogP contribution in [0.1, 0.15) is 38.0 Å². The van der Waals surface area contributed by atoms with Crippen LogP contribution in [-0.4, -0.2) is 5.11 Å². The Hall–Kier alpha value is -0.340. The number of aliphatic hydroxyl groups is 1. The van der Waals surface area contributed by atoms with Crippen LogP contribution in [0, 0.1) is 12.3 Å². The third-order valence-corrected chi connectivity index (χ3v) is 2.85. The molecule has 0 aliphatic heterocycles. The van der Waals surface area contributed by atoms with Crippen molar-refractivity contribution in [2.75, 3.05) is 0 Å². The van der Waals surface area contributed by atoms with Gasteiger partial charge in [-0.05, 0) is 35.6 Å². The standard InChI is InChI=1S/C12H17BrO/c1-8-5-6-9(13)7-10(8)11(14)12(2,3)4/h5-7,11,14H,1-4H3. The fourth-order valence-electron chi connectivity index (χ4n) is 1.37. The second-order valence-corrected chi connectivity index (χ2v) is 5.69. The molecule has 0 aliphatic rings. The van der Waals surface area contributed by atoms with E-state index in [1.165, 1.54) is 0 Å². The van der Waals surface area contributed by atoms with Crippen molar-refractivity contribution < 1.29 is 5.11 Å². The maximum atomic E-state index is 10.1. The van der Waals surface area contributed by atoms with Crippen LogP contribution in [0.15, 0.2) is 22.7 Å². The van der Waals surface area contributed by atoms with E-state index in [-0.39, 0.29) is 5.41 Å². The molecule has 0 saturated carbocycles. The molecule has 0 radical (unpaired) electrons. The number of halogens is 1. The lowest BCUT2D eigenvalue weighted by Crippen LogP contribution is -2.18. The van der Waals surface area contributed by atoms with Gasteiger partial charge >= 0.3 is 0 Å². The number of aliphatic hydroxyl groups excluding tert-OH is 1. The first kappa shape index (κ1) is 11.7. The van der Waals surface area contributed by atoms with Gasteiger partial charge in [0, 0.05) is 4.47 Å². The molecule has 0 aliphatic carbocycles. The Balaban J connectivity index is 3.12. The Morgan fingerprint density at radius 3 is 2.36 bits per heavy atom. The van der Waals surface area contributed by atoms with E-state index in [0.29, 0.717) is 0 Å². The number of hydrogen-bond donors (Lipinski definition) is 1. The second-order valence-electron chi connectivity index (χ2n) is 4.77. The SMILES string of the molecule is Cc1ccc(Br)cc1C(O)C(C)(C)C. The lowest BCUT2D eigenvalue weighted by Gasteiger charge is -2.27. The van der Waals surface area contributed by atoms with E-state index in [1.54, 1.807) is 0 Å². The molecular formula is C12H17BrO. The fourth-order valence-corrected chi connectivity index (χ4v) is 1.75. The van der Waals surface area contributed by atoms with E-state index in [2.05, 4.69) is 15.9 Å². The zero-order valence-corrected chi connectivity index (χ0v) is 10.7. The van der Waals surface area contributed by atoms with Crippen LogP contribution in [0.5, 0.6) is 0 Å². The van der Waals surface area contributed by atoms with Gasteiger partial charge in [-0.25, -0.2) is 0 Å². The number of aryl methyl sites for hydroxylation is 1. The zero-order chi connectivity index (χ0) is 10.9. The summed E-state index contributed by atoms with van der Waals surface area (Å²) in [6.07, 6.45) is -0.417. The van der Waals surface area contributed by atoms with Gasteiger partial charge in [0.1, 0.15) is 0 Å². The van der Waals surface area contributed by atoms with Crippen LogP contribution < -0.4 is 0 Å². The van der Waals surface area contributed by atoms with Crippen molar-refractivity contribution in [2.24, 2.45) is 5.41 Å². The van der Waals surface area contributed by atoms with E-state index in [4.69, 9.17) is 0 Å². The molecule has 1 nitrogen and oxygen atoms in total. The van der Waals surface area contributed by atoms with Crippen molar-refractivity contribution in [1.29, 1.82) is 0 Å². The van der Waals surface area contributed by atoms with Crippen LogP contribution in [0.3, 0.4) is 0 Å². The van der Waals surface area contributed by atoms with Crippen molar-refractivity contribution in [3.63, 3.8) is 0 Å². The summed E-state index contributed by atoms with van der Waals surface area (Å²) >= 11 is 3.42. The second kappa shape index (κ2) is 4.03. The molecule has 1 N–H and O–H groups in total. The highest BCUT2D eigenvalue weighted by Crippen LogP contribution is 2.35. The van der Waals surface area contributed by atoms with E-state index in [0.717, 1.165) is 15.6 Å². The topological polar surface area (TPSA) is 20.2 Å². The third kappa shape index (κ3) is 2.58. The van der Waals surface area contributed by atoms with Crippen LogP contribution in [0.25, 0.3) is 0 Å². The van der Waals surface area contributed by atoms with Crippen LogP contribution >= 0.6 is 15.9 Å². The third-order valence-electron chi connectivity index (χ3n) is 2.36. The quantitative estimate of drug-likeness (QED) is 0.810. The van der Waals surface area contributed by atoms with Crippen LogP contribution in [0.4, 0.5) is 0 Å². The molecule has 78 valence electrons. The molecule has 14 heavy (non-hydrogen) atoms. The Bertz CT molecular complexity index is 326. The highest BCUT2D eigenvalue weighted by Gasteiger charge is 2.24. The molecule has 1 unspecified atom stereocenters. The average molecular weight is 257 g/mol. The van der Waals surface area contributed by atoms with Crippen molar-refractivity contribution in [1.82, 2.24) is 0 Å². The summed E-state index contributed by atoms with van der Waals surface area (Å²) < 4.78 is 1.02. The van der Waals surface area contributed by atoms with E-state index in [9.17, 15) is 5.11 Å². The van der Waals surface area contributed by atoms with Gasteiger partial charge in [0.15, 0.2) is 0 Å². The van der Waals surface area contributed by atoms with E-state index in [1.807, 2.05) is 45.9 Å². The minimum absolute atomic E-state index is 0.119. The maximum Gasteiger partial charge on any atom is 0.0841 e. The lowest BCUT2D eigenvalue weighted by molar-refractivity contribution is 0.0621. The molecule has 0 aromatic heterocycles. The zero-order valence-electron chi connectivity index (χ0n) is 9.13. The monoisotopic (exact) mass is 256 g/mol. The lowest BCUT2D eigenvalue weighted by atomic mass is 9.83. The molecule has 1 aromatic rings. The smallest absolute Gasteiger partial charge is 0.0841 e. The molecule has 0 spiro atoms. The Morgan fingerprint density at radius 2 is 1.86 bits per heavy atom. The van der Waals surface area contributed by atoms with Gasteiger partial charge in [-0.2, -0.15) is 0 Å². The van der Waals surface area contributed by atoms with E-state index >= 15 is 0 Å². The van der Waals surface area contributed by atoms with Crippen molar-refractivity contribution in [3.8, 4) is 0 Å². The Morgan fingerprint density at radius 1 is 1.29 bits per heavy atom. The summed E-state index contributed by atoms with van der Waals surface area (Å²) in [5.74, 6) is 0. The molecular weight excluding hydrogens is 240 g/mol. The summed E-state index contributed by atoms with van der Waals surface area (Å²) in [5.41, 5.74) is 2.02. The molecule has 0 amide bonds. The number of benzene rings is 1. The van der Waals surface area contributed by atoms with Gasteiger partial charge in [0.05, 0.1) is 6.10 Å². The molecule has 0 bridgehead atoms. The molecule has 0 saturated heterocycles.